The van der Waals surface area contributed by atoms with Crippen LogP contribution in [0.1, 0.15) is 24.1 Å². The van der Waals surface area contributed by atoms with Gasteiger partial charge >= 0.3 is 0 Å². The molecule has 46 heavy (non-hydrogen) atoms. The first-order valence-electron chi connectivity index (χ1n) is 14.9. The number of hydrogen-bond donors (Lipinski definition) is 0. The van der Waals surface area contributed by atoms with Gasteiger partial charge in [0.15, 0.2) is 0 Å². The number of aryl methyl sites for hydroxylation is 2. The van der Waals surface area contributed by atoms with Crippen molar-refractivity contribution in [3.8, 4) is 34.6 Å². The largest absolute Gasteiger partial charge is 0.489 e. The summed E-state index contributed by atoms with van der Waals surface area (Å²) in [5, 5.41) is 2.32. The fraction of sp³-hybridized carbons (Fsp3) is 0.194. The SMILES string of the molecule is Cc1ccc(S(=O)(=O)OCC#Cc2ccc(OC3CC(Oc4ccc(-c5ccc6c7cnccc7n(C)c6c5)cn4)C3)cn2)cc1. The third-order valence-electron chi connectivity index (χ3n) is 8.07. The Bertz CT molecular complexity index is 2200. The van der Waals surface area contributed by atoms with Gasteiger partial charge in [-0.15, -0.1) is 0 Å². The van der Waals surface area contributed by atoms with Gasteiger partial charge in [-0.3, -0.25) is 9.17 Å². The van der Waals surface area contributed by atoms with Crippen molar-refractivity contribution in [2.45, 2.75) is 36.9 Å². The molecule has 0 radical (unpaired) electrons. The minimum absolute atomic E-state index is 0.0196. The Kier molecular flexibility index (Phi) is 7.86. The second kappa shape index (κ2) is 12.3. The van der Waals surface area contributed by atoms with Gasteiger partial charge in [0.05, 0.1) is 16.6 Å². The standard InChI is InChI=1S/C36H30N4O5S/c1-24-5-11-31(12-6-24)46(41,42)43-17-3-4-27-9-10-28(22-38-27)44-29-19-30(20-29)45-36-14-8-26(21-39-36)25-7-13-32-33-23-37-16-15-34(33)40(2)35(32)18-25/h5-16,18,21-23,29-30H,17,19-20H2,1-2H3. The van der Waals surface area contributed by atoms with Gasteiger partial charge in [-0.05, 0) is 60.9 Å². The van der Waals surface area contributed by atoms with Crippen LogP contribution in [0.2, 0.25) is 0 Å². The van der Waals surface area contributed by atoms with E-state index in [1.807, 2.05) is 43.7 Å². The Morgan fingerprint density at radius 2 is 1.63 bits per heavy atom. The molecule has 0 atom stereocenters. The molecule has 0 bridgehead atoms. The monoisotopic (exact) mass is 630 g/mol. The van der Waals surface area contributed by atoms with Crippen molar-refractivity contribution in [1.29, 1.82) is 0 Å². The quantitative estimate of drug-likeness (QED) is 0.144. The molecule has 1 saturated carbocycles. The highest BCUT2D eigenvalue weighted by Gasteiger charge is 2.33. The summed E-state index contributed by atoms with van der Waals surface area (Å²) in [5.41, 5.74) is 5.87. The minimum Gasteiger partial charge on any atom is -0.489 e. The fourth-order valence-electron chi connectivity index (χ4n) is 5.46. The van der Waals surface area contributed by atoms with Gasteiger partial charge in [-0.2, -0.15) is 8.42 Å². The summed E-state index contributed by atoms with van der Waals surface area (Å²) in [5.74, 6) is 6.73. The average Bonchev–Trinajstić information content (AvgIpc) is 3.34. The number of benzene rings is 2. The maximum atomic E-state index is 12.3. The molecule has 0 saturated heterocycles. The van der Waals surface area contributed by atoms with Gasteiger partial charge in [0.2, 0.25) is 5.88 Å². The molecule has 7 rings (SSSR count). The van der Waals surface area contributed by atoms with Crippen LogP contribution >= 0.6 is 0 Å². The van der Waals surface area contributed by atoms with Crippen molar-refractivity contribution in [3.05, 3.63) is 109 Å². The Balaban J connectivity index is 0.884. The average molecular weight is 631 g/mol. The Morgan fingerprint density at radius 1 is 0.826 bits per heavy atom. The molecule has 0 aliphatic heterocycles. The Hall–Kier alpha value is -5.24. The zero-order chi connectivity index (χ0) is 31.7. The maximum Gasteiger partial charge on any atom is 0.297 e. The molecule has 10 heteroatoms. The number of aromatic nitrogens is 4. The topological polar surface area (TPSA) is 105 Å². The highest BCUT2D eigenvalue weighted by Crippen LogP contribution is 2.33. The molecule has 1 aliphatic rings. The lowest BCUT2D eigenvalue weighted by atomic mass is 9.92. The second-order valence-electron chi connectivity index (χ2n) is 11.2. The molecule has 1 aliphatic carbocycles. The third kappa shape index (κ3) is 6.15. The van der Waals surface area contributed by atoms with Crippen molar-refractivity contribution in [2.24, 2.45) is 7.05 Å². The molecule has 9 nitrogen and oxygen atoms in total. The summed E-state index contributed by atoms with van der Waals surface area (Å²) < 4.78 is 43.8. The normalized spacial score (nSPS) is 16.0. The second-order valence-corrected chi connectivity index (χ2v) is 12.8. The first-order chi connectivity index (χ1) is 22.3. The molecule has 6 aromatic rings. The van der Waals surface area contributed by atoms with Crippen molar-refractivity contribution < 1.29 is 22.1 Å². The van der Waals surface area contributed by atoms with E-state index in [0.29, 0.717) is 17.3 Å². The first kappa shape index (κ1) is 29.5. The third-order valence-corrected chi connectivity index (χ3v) is 9.35. The molecule has 4 heterocycles. The van der Waals surface area contributed by atoms with Crippen LogP contribution in [0.4, 0.5) is 0 Å². The number of rotatable bonds is 8. The van der Waals surface area contributed by atoms with Crippen molar-refractivity contribution in [2.75, 3.05) is 6.61 Å². The predicted octanol–water partition coefficient (Wildman–Crippen LogP) is 6.24. The van der Waals surface area contributed by atoms with E-state index in [0.717, 1.165) is 46.0 Å². The molecule has 0 unspecified atom stereocenters. The predicted molar refractivity (Wildman–Crippen MR) is 175 cm³/mol. The number of ether oxygens (including phenoxy) is 2. The summed E-state index contributed by atoms with van der Waals surface area (Å²) >= 11 is 0. The van der Waals surface area contributed by atoms with E-state index in [1.165, 1.54) is 17.5 Å². The lowest BCUT2D eigenvalue weighted by molar-refractivity contribution is 0.00209. The lowest BCUT2D eigenvalue weighted by Gasteiger charge is -2.34. The van der Waals surface area contributed by atoms with Gasteiger partial charge in [0.25, 0.3) is 10.1 Å². The molecule has 2 aromatic carbocycles. The van der Waals surface area contributed by atoms with Crippen LogP contribution < -0.4 is 9.47 Å². The molecule has 0 amide bonds. The molecule has 0 spiro atoms. The van der Waals surface area contributed by atoms with E-state index in [9.17, 15) is 8.42 Å². The highest BCUT2D eigenvalue weighted by molar-refractivity contribution is 7.86. The van der Waals surface area contributed by atoms with Crippen LogP contribution in [0, 0.1) is 18.8 Å². The van der Waals surface area contributed by atoms with Crippen molar-refractivity contribution in [3.63, 3.8) is 0 Å². The Labute approximate surface area is 266 Å². The number of fused-ring (bicyclic) bond motifs is 3. The molecule has 1 fully saturated rings. The van der Waals surface area contributed by atoms with Crippen LogP contribution in [0.15, 0.2) is 102 Å². The summed E-state index contributed by atoms with van der Waals surface area (Å²) in [6.07, 6.45) is 8.71. The number of nitrogens with zero attached hydrogens (tertiary/aromatic N) is 4. The van der Waals surface area contributed by atoms with E-state index in [4.69, 9.17) is 13.7 Å². The fourth-order valence-corrected chi connectivity index (χ4v) is 6.28. The zero-order valence-electron chi connectivity index (χ0n) is 25.3. The number of hydrogen-bond acceptors (Lipinski definition) is 8. The molecular formula is C36H30N4O5S. The molecule has 0 N–H and O–H groups in total. The molecule has 4 aromatic heterocycles. The van der Waals surface area contributed by atoms with E-state index >= 15 is 0 Å². The van der Waals surface area contributed by atoms with Crippen LogP contribution in [0.25, 0.3) is 32.9 Å². The van der Waals surface area contributed by atoms with Crippen LogP contribution in [0.3, 0.4) is 0 Å². The van der Waals surface area contributed by atoms with E-state index in [-0.39, 0.29) is 23.7 Å². The van der Waals surface area contributed by atoms with Crippen LogP contribution in [-0.4, -0.2) is 46.8 Å². The van der Waals surface area contributed by atoms with Crippen molar-refractivity contribution >= 4 is 31.9 Å². The van der Waals surface area contributed by atoms with Gasteiger partial charge in [0.1, 0.15) is 30.3 Å². The van der Waals surface area contributed by atoms with Crippen LogP contribution in [-0.2, 0) is 21.3 Å². The van der Waals surface area contributed by atoms with Gasteiger partial charge in [-0.1, -0.05) is 35.7 Å². The lowest BCUT2D eigenvalue weighted by Crippen LogP contribution is -2.41. The first-order valence-corrected chi connectivity index (χ1v) is 16.3. The highest BCUT2D eigenvalue weighted by atomic mass is 32.2. The van der Waals surface area contributed by atoms with Crippen molar-refractivity contribution in [1.82, 2.24) is 19.5 Å². The summed E-state index contributed by atoms with van der Waals surface area (Å²) in [4.78, 5) is 13.2. The van der Waals surface area contributed by atoms with E-state index in [2.05, 4.69) is 56.6 Å². The maximum absolute atomic E-state index is 12.3. The van der Waals surface area contributed by atoms with Crippen LogP contribution in [0.5, 0.6) is 11.6 Å². The summed E-state index contributed by atoms with van der Waals surface area (Å²) in [6, 6.07) is 22.4. The Morgan fingerprint density at radius 3 is 2.39 bits per heavy atom. The number of pyridine rings is 3. The van der Waals surface area contributed by atoms with Gasteiger partial charge < -0.3 is 14.0 Å². The van der Waals surface area contributed by atoms with E-state index < -0.39 is 10.1 Å². The van der Waals surface area contributed by atoms with Gasteiger partial charge in [-0.25, -0.2) is 9.97 Å². The zero-order valence-corrected chi connectivity index (χ0v) is 26.1. The molecule has 230 valence electrons. The summed E-state index contributed by atoms with van der Waals surface area (Å²) in [6.45, 7) is 1.62. The van der Waals surface area contributed by atoms with Gasteiger partial charge in [0, 0.05) is 66.4 Å². The van der Waals surface area contributed by atoms with E-state index in [1.54, 1.807) is 30.5 Å². The molecular weight excluding hydrogens is 600 g/mol. The summed E-state index contributed by atoms with van der Waals surface area (Å²) in [7, 11) is -1.78. The smallest absolute Gasteiger partial charge is 0.297 e. The minimum atomic E-state index is -3.86.